The minimum Gasteiger partial charge on any atom is -0.507 e. The van der Waals surface area contributed by atoms with E-state index in [4.69, 9.17) is 0 Å². The number of carbonyl (C=O) groups is 1. The number of rotatable bonds is 1. The third kappa shape index (κ3) is 1.19. The fourth-order valence-corrected chi connectivity index (χ4v) is 1.41. The van der Waals surface area contributed by atoms with Gasteiger partial charge in [0, 0.05) is 16.3 Å². The van der Waals surface area contributed by atoms with Gasteiger partial charge in [-0.25, -0.2) is 0 Å². The molecule has 0 aromatic heterocycles. The zero-order chi connectivity index (χ0) is 10.1. The number of hydrogen-bond donors (Lipinski definition) is 2. The van der Waals surface area contributed by atoms with Gasteiger partial charge in [-0.1, -0.05) is 6.07 Å². The van der Waals surface area contributed by atoms with Crippen molar-refractivity contribution in [3.8, 4) is 11.5 Å². The van der Waals surface area contributed by atoms with Gasteiger partial charge in [0.2, 0.25) is 0 Å². The van der Waals surface area contributed by atoms with E-state index >= 15 is 0 Å². The number of hydrogen-bond acceptors (Lipinski definition) is 3. The molecule has 3 nitrogen and oxygen atoms in total. The minimum atomic E-state index is 0.0569. The maximum absolute atomic E-state index is 10.5. The molecular weight excluding hydrogens is 180 g/mol. The molecule has 3 heteroatoms. The fourth-order valence-electron chi connectivity index (χ4n) is 1.41. The summed E-state index contributed by atoms with van der Waals surface area (Å²) in [6, 6.07) is 7.55. The maximum Gasteiger partial charge on any atom is 0.150 e. The Labute approximate surface area is 80.2 Å². The summed E-state index contributed by atoms with van der Waals surface area (Å²) in [5.74, 6) is 0.150. The van der Waals surface area contributed by atoms with Crippen molar-refractivity contribution in [3.05, 3.63) is 35.9 Å². The molecule has 0 aliphatic carbocycles. The normalized spacial score (nSPS) is 10.3. The summed E-state index contributed by atoms with van der Waals surface area (Å²) in [4.78, 5) is 10.5. The highest BCUT2D eigenvalue weighted by Gasteiger charge is 2.04. The Bertz CT molecular complexity index is 503. The van der Waals surface area contributed by atoms with Crippen LogP contribution in [0.4, 0.5) is 0 Å². The van der Waals surface area contributed by atoms with Crippen LogP contribution in [0.5, 0.6) is 11.5 Å². The second kappa shape index (κ2) is 3.03. The summed E-state index contributed by atoms with van der Waals surface area (Å²) in [5.41, 5.74) is 0.471. The standard InChI is InChI=1S/C11H8O3/c12-6-7-1-2-8-9(5-7)11(14)4-3-10(8)13/h1-6,13-14H. The van der Waals surface area contributed by atoms with Crippen molar-refractivity contribution in [2.24, 2.45) is 0 Å². The van der Waals surface area contributed by atoms with Crippen molar-refractivity contribution in [1.82, 2.24) is 0 Å². The van der Waals surface area contributed by atoms with Gasteiger partial charge in [0.1, 0.15) is 17.8 Å². The summed E-state index contributed by atoms with van der Waals surface area (Å²) in [7, 11) is 0. The molecule has 0 unspecified atom stereocenters. The van der Waals surface area contributed by atoms with Crippen LogP contribution in [0.3, 0.4) is 0 Å². The lowest BCUT2D eigenvalue weighted by molar-refractivity contribution is 0.112. The lowest BCUT2D eigenvalue weighted by Crippen LogP contribution is -1.81. The van der Waals surface area contributed by atoms with E-state index in [1.165, 1.54) is 18.2 Å². The minimum absolute atomic E-state index is 0.0569. The topological polar surface area (TPSA) is 57.5 Å². The summed E-state index contributed by atoms with van der Waals surface area (Å²) in [6.07, 6.45) is 0.697. The molecular formula is C11H8O3. The van der Waals surface area contributed by atoms with Gasteiger partial charge in [-0.3, -0.25) is 4.79 Å². The molecule has 0 saturated carbocycles. The summed E-state index contributed by atoms with van der Waals surface area (Å²) < 4.78 is 0. The van der Waals surface area contributed by atoms with Crippen molar-refractivity contribution in [1.29, 1.82) is 0 Å². The second-order valence-electron chi connectivity index (χ2n) is 3.03. The van der Waals surface area contributed by atoms with E-state index in [1.807, 2.05) is 0 Å². The van der Waals surface area contributed by atoms with Crippen LogP contribution in [0.25, 0.3) is 10.8 Å². The molecule has 0 aliphatic heterocycles. The van der Waals surface area contributed by atoms with E-state index in [2.05, 4.69) is 0 Å². The molecule has 70 valence electrons. The van der Waals surface area contributed by atoms with Crippen molar-refractivity contribution in [3.63, 3.8) is 0 Å². The van der Waals surface area contributed by atoms with Crippen LogP contribution in [0.15, 0.2) is 30.3 Å². The van der Waals surface area contributed by atoms with E-state index in [-0.39, 0.29) is 11.5 Å². The Kier molecular flexibility index (Phi) is 1.85. The summed E-state index contributed by atoms with van der Waals surface area (Å²) in [6.45, 7) is 0. The Morgan fingerprint density at radius 2 is 1.57 bits per heavy atom. The van der Waals surface area contributed by atoms with Gasteiger partial charge in [-0.05, 0) is 24.3 Å². The Morgan fingerprint density at radius 1 is 0.929 bits per heavy atom. The predicted molar refractivity (Wildman–Crippen MR) is 52.7 cm³/mol. The number of phenolic OH excluding ortho intramolecular Hbond substituents is 2. The molecule has 0 spiro atoms. The number of aldehydes is 1. The van der Waals surface area contributed by atoms with Gasteiger partial charge in [0.05, 0.1) is 0 Å². The Balaban J connectivity index is 2.86. The van der Waals surface area contributed by atoms with Crippen LogP contribution in [-0.2, 0) is 0 Å². The number of fused-ring (bicyclic) bond motifs is 1. The highest BCUT2D eigenvalue weighted by atomic mass is 16.3. The zero-order valence-corrected chi connectivity index (χ0v) is 7.27. The first-order valence-corrected chi connectivity index (χ1v) is 4.12. The Hall–Kier alpha value is -2.03. The third-order valence-corrected chi connectivity index (χ3v) is 2.13. The lowest BCUT2D eigenvalue weighted by atomic mass is 10.1. The lowest BCUT2D eigenvalue weighted by Gasteiger charge is -2.03. The van der Waals surface area contributed by atoms with Crippen LogP contribution in [0.1, 0.15) is 10.4 Å². The van der Waals surface area contributed by atoms with Gasteiger partial charge in [-0.2, -0.15) is 0 Å². The van der Waals surface area contributed by atoms with Crippen molar-refractivity contribution in [2.75, 3.05) is 0 Å². The van der Waals surface area contributed by atoms with Crippen molar-refractivity contribution in [2.45, 2.75) is 0 Å². The molecule has 0 fully saturated rings. The first kappa shape index (κ1) is 8.56. The third-order valence-electron chi connectivity index (χ3n) is 2.13. The number of benzene rings is 2. The maximum atomic E-state index is 10.5. The SMILES string of the molecule is O=Cc1ccc2c(O)ccc(O)c2c1. The van der Waals surface area contributed by atoms with Crippen LogP contribution >= 0.6 is 0 Å². The van der Waals surface area contributed by atoms with Gasteiger partial charge in [-0.15, -0.1) is 0 Å². The summed E-state index contributed by atoms with van der Waals surface area (Å²) >= 11 is 0. The fraction of sp³-hybridized carbons (Fsp3) is 0. The van der Waals surface area contributed by atoms with Crippen molar-refractivity contribution < 1.29 is 15.0 Å². The molecule has 2 rings (SSSR count). The smallest absolute Gasteiger partial charge is 0.150 e. The van der Waals surface area contributed by atoms with Crippen LogP contribution < -0.4 is 0 Å². The first-order chi connectivity index (χ1) is 6.72. The molecule has 0 aliphatic rings. The molecule has 14 heavy (non-hydrogen) atoms. The predicted octanol–water partition coefficient (Wildman–Crippen LogP) is 2.06. The van der Waals surface area contributed by atoms with Gasteiger partial charge >= 0.3 is 0 Å². The van der Waals surface area contributed by atoms with Gasteiger partial charge in [0.15, 0.2) is 0 Å². The van der Waals surface area contributed by atoms with Crippen LogP contribution in [0, 0.1) is 0 Å². The number of phenols is 2. The van der Waals surface area contributed by atoms with Crippen molar-refractivity contribution >= 4 is 17.1 Å². The first-order valence-electron chi connectivity index (χ1n) is 4.12. The number of carbonyl (C=O) groups excluding carboxylic acids is 1. The highest BCUT2D eigenvalue weighted by molar-refractivity contribution is 5.96. The molecule has 2 aromatic rings. The molecule has 0 saturated heterocycles. The monoisotopic (exact) mass is 188 g/mol. The highest BCUT2D eigenvalue weighted by Crippen LogP contribution is 2.31. The Morgan fingerprint density at radius 3 is 2.21 bits per heavy atom. The molecule has 0 atom stereocenters. The molecule has 2 N–H and O–H groups in total. The van der Waals surface area contributed by atoms with E-state index in [0.717, 1.165) is 0 Å². The largest absolute Gasteiger partial charge is 0.507 e. The average Bonchev–Trinajstić information content (AvgIpc) is 2.23. The van der Waals surface area contributed by atoms with Crippen LogP contribution in [0.2, 0.25) is 0 Å². The van der Waals surface area contributed by atoms with E-state index < -0.39 is 0 Å². The van der Waals surface area contributed by atoms with Crippen LogP contribution in [-0.4, -0.2) is 16.5 Å². The van der Waals surface area contributed by atoms with E-state index in [0.29, 0.717) is 22.6 Å². The zero-order valence-electron chi connectivity index (χ0n) is 7.27. The summed E-state index contributed by atoms with van der Waals surface area (Å²) in [5, 5.41) is 20.0. The van der Waals surface area contributed by atoms with E-state index in [9.17, 15) is 15.0 Å². The van der Waals surface area contributed by atoms with E-state index in [1.54, 1.807) is 12.1 Å². The molecule has 0 amide bonds. The quantitative estimate of drug-likeness (QED) is 0.532. The van der Waals surface area contributed by atoms with Gasteiger partial charge < -0.3 is 10.2 Å². The molecule has 0 heterocycles. The molecule has 0 radical (unpaired) electrons. The number of aromatic hydroxyl groups is 2. The average molecular weight is 188 g/mol. The second-order valence-corrected chi connectivity index (χ2v) is 3.03. The molecule has 0 bridgehead atoms. The van der Waals surface area contributed by atoms with Gasteiger partial charge in [0.25, 0.3) is 0 Å². The molecule has 2 aromatic carbocycles.